The van der Waals surface area contributed by atoms with Crippen LogP contribution in [-0.4, -0.2) is 42.0 Å². The standard InChI is InChI=1S/C17H22BFN2O4/c1-11(23)20-8-13(18-24-16(2,3)17(4,5)25-18)7-14-6-12(10-22)15(19)9-21-14/h6-7,9-10H,8H2,1-5H3,(H,20,23). The quantitative estimate of drug-likeness (QED) is 0.652. The Balaban J connectivity index is 2.36. The lowest BCUT2D eigenvalue weighted by molar-refractivity contribution is -0.118. The predicted molar refractivity (Wildman–Crippen MR) is 92.3 cm³/mol. The van der Waals surface area contributed by atoms with Gasteiger partial charge in [-0.25, -0.2) is 4.39 Å². The molecule has 134 valence electrons. The van der Waals surface area contributed by atoms with E-state index in [2.05, 4.69) is 10.3 Å². The van der Waals surface area contributed by atoms with Crippen LogP contribution in [0.5, 0.6) is 0 Å². The Morgan fingerprint density at radius 3 is 2.44 bits per heavy atom. The normalized spacial score (nSPS) is 19.0. The van der Waals surface area contributed by atoms with Crippen molar-refractivity contribution >= 4 is 25.4 Å². The summed E-state index contributed by atoms with van der Waals surface area (Å²) in [5, 5.41) is 2.70. The molecule has 0 aliphatic carbocycles. The van der Waals surface area contributed by atoms with Gasteiger partial charge in [0.15, 0.2) is 12.1 Å². The van der Waals surface area contributed by atoms with Crippen LogP contribution < -0.4 is 5.32 Å². The smallest absolute Gasteiger partial charge is 0.400 e. The minimum absolute atomic E-state index is 0.0888. The van der Waals surface area contributed by atoms with E-state index in [4.69, 9.17) is 9.31 Å². The second-order valence-corrected chi connectivity index (χ2v) is 6.97. The lowest BCUT2D eigenvalue weighted by Gasteiger charge is -2.32. The monoisotopic (exact) mass is 348 g/mol. The van der Waals surface area contributed by atoms with Crippen molar-refractivity contribution in [2.24, 2.45) is 0 Å². The Hall–Kier alpha value is -2.06. The summed E-state index contributed by atoms with van der Waals surface area (Å²) in [5.74, 6) is -0.894. The van der Waals surface area contributed by atoms with Gasteiger partial charge in [0.05, 0.1) is 28.7 Å². The summed E-state index contributed by atoms with van der Waals surface area (Å²) in [6, 6.07) is 1.33. The highest BCUT2D eigenvalue weighted by Crippen LogP contribution is 2.38. The van der Waals surface area contributed by atoms with E-state index in [0.29, 0.717) is 17.5 Å². The Labute approximate surface area is 146 Å². The lowest BCUT2D eigenvalue weighted by Crippen LogP contribution is -2.41. The second kappa shape index (κ2) is 7.05. The lowest BCUT2D eigenvalue weighted by atomic mass is 9.77. The SMILES string of the molecule is CC(=O)NCC(=Cc1cc(C=O)c(F)cn1)B1OC(C)(C)C(C)(C)O1. The minimum atomic E-state index is -0.691. The van der Waals surface area contributed by atoms with Gasteiger partial charge in [0.2, 0.25) is 5.91 Å². The number of carbonyl (C=O) groups is 2. The molecule has 0 aromatic carbocycles. The summed E-state index contributed by atoms with van der Waals surface area (Å²) >= 11 is 0. The first kappa shape index (κ1) is 19.3. The van der Waals surface area contributed by atoms with Crippen molar-refractivity contribution in [1.82, 2.24) is 10.3 Å². The van der Waals surface area contributed by atoms with Crippen molar-refractivity contribution < 1.29 is 23.3 Å². The van der Waals surface area contributed by atoms with Crippen LogP contribution in [0.4, 0.5) is 4.39 Å². The van der Waals surface area contributed by atoms with E-state index in [1.807, 2.05) is 27.7 Å². The van der Waals surface area contributed by atoms with Crippen LogP contribution in [0.15, 0.2) is 17.7 Å². The van der Waals surface area contributed by atoms with Crippen LogP contribution >= 0.6 is 0 Å². The Bertz CT molecular complexity index is 703. The Morgan fingerprint density at radius 2 is 1.92 bits per heavy atom. The summed E-state index contributed by atoms with van der Waals surface area (Å²) < 4.78 is 25.4. The maximum Gasteiger partial charge on any atom is 0.492 e. The van der Waals surface area contributed by atoms with Gasteiger partial charge in [0.25, 0.3) is 0 Å². The van der Waals surface area contributed by atoms with E-state index in [1.54, 1.807) is 6.08 Å². The van der Waals surface area contributed by atoms with Gasteiger partial charge in [-0.15, -0.1) is 0 Å². The van der Waals surface area contributed by atoms with Gasteiger partial charge < -0.3 is 14.6 Å². The summed E-state index contributed by atoms with van der Waals surface area (Å²) in [6.45, 7) is 9.27. The number of halogens is 1. The third kappa shape index (κ3) is 4.32. The summed E-state index contributed by atoms with van der Waals surface area (Å²) in [5.41, 5.74) is -0.189. The van der Waals surface area contributed by atoms with Gasteiger partial charge in [0.1, 0.15) is 0 Å². The average Bonchev–Trinajstić information content (AvgIpc) is 2.73. The molecular formula is C17H22BFN2O4. The van der Waals surface area contributed by atoms with Crippen LogP contribution in [0.25, 0.3) is 6.08 Å². The van der Waals surface area contributed by atoms with E-state index >= 15 is 0 Å². The largest absolute Gasteiger partial charge is 0.492 e. The fourth-order valence-corrected chi connectivity index (χ4v) is 2.25. The molecule has 1 fully saturated rings. The Morgan fingerprint density at radius 1 is 1.32 bits per heavy atom. The van der Waals surface area contributed by atoms with Gasteiger partial charge in [-0.2, -0.15) is 0 Å². The van der Waals surface area contributed by atoms with Crippen molar-refractivity contribution in [3.8, 4) is 0 Å². The highest BCUT2D eigenvalue weighted by atomic mass is 19.1. The number of amides is 1. The number of hydrogen-bond donors (Lipinski definition) is 1. The molecular weight excluding hydrogens is 326 g/mol. The van der Waals surface area contributed by atoms with Gasteiger partial charge >= 0.3 is 7.12 Å². The van der Waals surface area contributed by atoms with Gasteiger partial charge in [-0.1, -0.05) is 0 Å². The van der Waals surface area contributed by atoms with Crippen LogP contribution in [0.3, 0.4) is 0 Å². The Kier molecular flexibility index (Phi) is 5.44. The van der Waals surface area contributed by atoms with Gasteiger partial charge in [-0.05, 0) is 45.3 Å². The molecule has 1 aliphatic heterocycles. The van der Waals surface area contributed by atoms with Gasteiger partial charge in [0, 0.05) is 13.5 Å². The number of rotatable bonds is 5. The predicted octanol–water partition coefficient (Wildman–Crippen LogP) is 2.18. The second-order valence-electron chi connectivity index (χ2n) is 6.97. The molecule has 0 unspecified atom stereocenters. The molecule has 8 heteroatoms. The molecule has 2 heterocycles. The number of aromatic nitrogens is 1. The van der Waals surface area contributed by atoms with Crippen LogP contribution in [-0.2, 0) is 14.1 Å². The maximum absolute atomic E-state index is 13.4. The van der Waals surface area contributed by atoms with E-state index < -0.39 is 24.1 Å². The average molecular weight is 348 g/mol. The zero-order valence-electron chi connectivity index (χ0n) is 15.1. The molecule has 0 atom stereocenters. The van der Waals surface area contributed by atoms with Crippen molar-refractivity contribution in [2.75, 3.05) is 6.54 Å². The molecule has 1 aromatic rings. The molecule has 0 bridgehead atoms. The number of pyridine rings is 1. The number of nitrogens with one attached hydrogen (secondary N) is 1. The first-order valence-corrected chi connectivity index (χ1v) is 7.97. The summed E-state index contributed by atoms with van der Waals surface area (Å²) in [6.07, 6.45) is 3.04. The summed E-state index contributed by atoms with van der Waals surface area (Å²) in [7, 11) is -0.691. The van der Waals surface area contributed by atoms with Crippen molar-refractivity contribution in [2.45, 2.75) is 45.8 Å². The zero-order valence-corrected chi connectivity index (χ0v) is 15.1. The molecule has 2 rings (SSSR count). The number of hydrogen-bond acceptors (Lipinski definition) is 5. The molecule has 1 N–H and O–H groups in total. The third-order valence-corrected chi connectivity index (χ3v) is 4.46. The molecule has 1 amide bonds. The third-order valence-electron chi connectivity index (χ3n) is 4.46. The maximum atomic E-state index is 13.4. The molecule has 0 spiro atoms. The van der Waals surface area contributed by atoms with Crippen molar-refractivity contribution in [3.63, 3.8) is 0 Å². The topological polar surface area (TPSA) is 77.5 Å². The number of carbonyl (C=O) groups excluding carboxylic acids is 2. The highest BCUT2D eigenvalue weighted by molar-refractivity contribution is 6.56. The molecule has 6 nitrogen and oxygen atoms in total. The van der Waals surface area contributed by atoms with Crippen LogP contribution in [0, 0.1) is 5.82 Å². The van der Waals surface area contributed by atoms with E-state index in [-0.39, 0.29) is 18.0 Å². The first-order valence-electron chi connectivity index (χ1n) is 7.97. The first-order chi connectivity index (χ1) is 11.6. The molecule has 0 radical (unpaired) electrons. The summed E-state index contributed by atoms with van der Waals surface area (Å²) in [4.78, 5) is 26.2. The van der Waals surface area contributed by atoms with Crippen LogP contribution in [0.1, 0.15) is 50.7 Å². The van der Waals surface area contributed by atoms with E-state index in [9.17, 15) is 14.0 Å². The zero-order chi connectivity index (χ0) is 18.8. The molecule has 1 saturated heterocycles. The molecule has 25 heavy (non-hydrogen) atoms. The number of aldehydes is 1. The van der Waals surface area contributed by atoms with Crippen molar-refractivity contribution in [1.29, 1.82) is 0 Å². The molecule has 0 saturated carbocycles. The molecule has 1 aliphatic rings. The van der Waals surface area contributed by atoms with Crippen LogP contribution in [0.2, 0.25) is 0 Å². The highest BCUT2D eigenvalue weighted by Gasteiger charge is 2.52. The van der Waals surface area contributed by atoms with Gasteiger partial charge in [-0.3, -0.25) is 14.6 Å². The molecule has 1 aromatic heterocycles. The minimum Gasteiger partial charge on any atom is -0.400 e. The van der Waals surface area contributed by atoms with E-state index in [1.165, 1.54) is 13.0 Å². The van der Waals surface area contributed by atoms with Crippen molar-refractivity contribution in [3.05, 3.63) is 34.8 Å². The fourth-order valence-electron chi connectivity index (χ4n) is 2.25. The number of nitrogens with zero attached hydrogens (tertiary/aromatic N) is 1. The fraction of sp³-hybridized carbons (Fsp3) is 0.471. The van der Waals surface area contributed by atoms with E-state index in [0.717, 1.165) is 6.20 Å².